The van der Waals surface area contributed by atoms with Crippen LogP contribution in [0.4, 0.5) is 0 Å². The van der Waals surface area contributed by atoms with Crippen LogP contribution in [0.2, 0.25) is 0 Å². The summed E-state index contributed by atoms with van der Waals surface area (Å²) in [6, 6.07) is 43.1. The van der Waals surface area contributed by atoms with Gasteiger partial charge in [-0.25, -0.2) is 9.97 Å². The van der Waals surface area contributed by atoms with Crippen molar-refractivity contribution in [2.24, 2.45) is 0 Å². The highest BCUT2D eigenvalue weighted by Gasteiger charge is 2.07. The Hall–Kier alpha value is -5.28. The molecule has 0 fully saturated rings. The molecule has 15 aromatic rings. The summed E-state index contributed by atoms with van der Waals surface area (Å²) in [5.74, 6) is 0.864. The van der Waals surface area contributed by atoms with E-state index in [0.717, 1.165) is 70.9 Å². The lowest BCUT2D eigenvalue weighted by Gasteiger charge is -2.08. The summed E-state index contributed by atoms with van der Waals surface area (Å²) in [5, 5.41) is 11.2. The Labute approximate surface area is 237 Å². The average molecular weight is 527 g/mol. The third kappa shape index (κ3) is 3.89. The molecule has 0 N–H and O–H groups in total. The molecule has 3 nitrogen and oxygen atoms in total. The number of hydrogen-bond acceptors (Lipinski definition) is 3. The maximum Gasteiger partial charge on any atom is 0.127 e. The van der Waals surface area contributed by atoms with Crippen molar-refractivity contribution in [1.29, 1.82) is 0 Å². The van der Waals surface area contributed by atoms with Crippen LogP contribution in [0.25, 0.3) is 75.9 Å². The van der Waals surface area contributed by atoms with Gasteiger partial charge in [-0.2, -0.15) is 0 Å². The van der Waals surface area contributed by atoms with Gasteiger partial charge >= 0.3 is 0 Å². The Morgan fingerprint density at radius 3 is 1.29 bits per heavy atom. The van der Waals surface area contributed by atoms with Gasteiger partial charge in [-0.3, -0.25) is 0 Å². The lowest BCUT2D eigenvalue weighted by atomic mass is 10.0. The number of rotatable bonds is 1. The van der Waals surface area contributed by atoms with Gasteiger partial charge in [0.25, 0.3) is 0 Å². The van der Waals surface area contributed by atoms with Gasteiger partial charge in [-0.05, 0) is 63.7 Å². The molecule has 12 bridgehead atoms. The second-order valence-corrected chi connectivity index (χ2v) is 10.7. The second-order valence-electron chi connectivity index (χ2n) is 10.7. The van der Waals surface area contributed by atoms with E-state index in [1.54, 1.807) is 7.11 Å². The molecule has 0 radical (unpaired) electrons. The van der Waals surface area contributed by atoms with E-state index in [1.165, 1.54) is 16.3 Å². The van der Waals surface area contributed by atoms with Gasteiger partial charge in [-0.1, -0.05) is 97.1 Å². The van der Waals surface area contributed by atoms with Gasteiger partial charge in [0.15, 0.2) is 0 Å². The van der Waals surface area contributed by atoms with Gasteiger partial charge in [0, 0.05) is 26.9 Å². The molecule has 3 heteroatoms. The minimum Gasteiger partial charge on any atom is -0.496 e. The third-order valence-electron chi connectivity index (χ3n) is 8.27. The highest BCUT2D eigenvalue weighted by atomic mass is 16.5. The van der Waals surface area contributed by atoms with Gasteiger partial charge in [0.05, 0.1) is 29.2 Å². The van der Waals surface area contributed by atoms with Crippen LogP contribution in [0.1, 0.15) is 5.56 Å². The molecule has 41 heavy (non-hydrogen) atoms. The Kier molecular flexibility index (Phi) is 5.26. The van der Waals surface area contributed by atoms with Crippen LogP contribution in [0.15, 0.2) is 121 Å². The first-order valence-corrected chi connectivity index (χ1v) is 13.9. The fourth-order valence-corrected chi connectivity index (χ4v) is 5.98. The molecule has 0 saturated heterocycles. The Balaban J connectivity index is 1.53. The predicted molar refractivity (Wildman–Crippen MR) is 173 cm³/mol. The van der Waals surface area contributed by atoms with Crippen LogP contribution >= 0.6 is 0 Å². The predicted octanol–water partition coefficient (Wildman–Crippen LogP) is 9.99. The van der Waals surface area contributed by atoms with Crippen LogP contribution in [0.3, 0.4) is 0 Å². The zero-order valence-corrected chi connectivity index (χ0v) is 22.8. The minimum absolute atomic E-state index is 0.864. The number of hydrogen-bond donors (Lipinski definition) is 0. The van der Waals surface area contributed by atoms with Crippen LogP contribution < -0.4 is 4.74 Å². The largest absolute Gasteiger partial charge is 0.496 e. The average Bonchev–Trinajstić information content (AvgIpc) is 3.04. The summed E-state index contributed by atoms with van der Waals surface area (Å²) in [7, 11) is 1.74. The summed E-state index contributed by atoms with van der Waals surface area (Å²) in [5.41, 5.74) is 4.91. The van der Waals surface area contributed by atoms with E-state index in [9.17, 15) is 0 Å². The maximum absolute atomic E-state index is 5.89. The highest BCUT2D eigenvalue weighted by Crippen LogP contribution is 2.32. The summed E-state index contributed by atoms with van der Waals surface area (Å²) in [4.78, 5) is 10.3. The molecular weight excluding hydrogens is 500 g/mol. The lowest BCUT2D eigenvalue weighted by molar-refractivity contribution is 0.420. The van der Waals surface area contributed by atoms with Gasteiger partial charge in [-0.15, -0.1) is 0 Å². The molecule has 5 aromatic carbocycles. The summed E-state index contributed by atoms with van der Waals surface area (Å²) >= 11 is 0. The molecule has 0 amide bonds. The fraction of sp³-hybridized carbons (Fsp3) is 0.0526. The van der Waals surface area contributed by atoms with E-state index in [0.29, 0.717) is 0 Å². The van der Waals surface area contributed by atoms with Gasteiger partial charge in [0.2, 0.25) is 0 Å². The molecule has 10 heterocycles. The number of aromatic nitrogens is 2. The third-order valence-corrected chi connectivity index (χ3v) is 8.27. The first kappa shape index (κ1) is 23.6. The van der Waals surface area contributed by atoms with Crippen molar-refractivity contribution < 1.29 is 4.74 Å². The number of methoxy groups -OCH3 is 1. The smallest absolute Gasteiger partial charge is 0.127 e. The molecule has 15 rings (SSSR count). The topological polar surface area (TPSA) is 35.0 Å². The van der Waals surface area contributed by atoms with Crippen molar-refractivity contribution in [2.45, 2.75) is 6.92 Å². The minimum atomic E-state index is 0.864. The van der Waals surface area contributed by atoms with Gasteiger partial charge < -0.3 is 4.74 Å². The Bertz CT molecular complexity index is 2370. The van der Waals surface area contributed by atoms with E-state index in [-0.39, 0.29) is 0 Å². The van der Waals surface area contributed by atoms with Crippen LogP contribution in [0.5, 0.6) is 5.75 Å². The Morgan fingerprint density at radius 1 is 0.415 bits per heavy atom. The Morgan fingerprint density at radius 2 is 0.805 bits per heavy atom. The SMILES string of the molecule is COc1cc2c(C)cc1c1ccc(cc1)c1ccc(cc1)c1ccc3ccc4ccc(nc4c3n1)c1ccc2cc1. The molecule has 0 atom stereocenters. The molecule has 0 unspecified atom stereocenters. The summed E-state index contributed by atoms with van der Waals surface area (Å²) < 4.78 is 5.89. The zero-order valence-electron chi connectivity index (χ0n) is 22.8. The normalized spacial score (nSPS) is 11.7. The van der Waals surface area contributed by atoms with Crippen molar-refractivity contribution >= 4 is 75.9 Å². The van der Waals surface area contributed by atoms with Crippen LogP contribution in [-0.2, 0) is 0 Å². The molecule has 0 aliphatic heterocycles. The van der Waals surface area contributed by atoms with Crippen LogP contribution in [0, 0.1) is 6.92 Å². The first-order valence-electron chi connectivity index (χ1n) is 13.9. The molecule has 10 aromatic heterocycles. The van der Waals surface area contributed by atoms with Crippen molar-refractivity contribution in [2.75, 3.05) is 7.11 Å². The van der Waals surface area contributed by atoms with Crippen molar-refractivity contribution in [3.8, 4) is 5.75 Å². The molecular formula is C38H26N2O. The fourth-order valence-electron chi connectivity index (χ4n) is 5.98. The van der Waals surface area contributed by atoms with E-state index in [4.69, 9.17) is 14.7 Å². The van der Waals surface area contributed by atoms with Crippen LogP contribution in [-0.4, -0.2) is 17.1 Å². The maximum atomic E-state index is 5.89. The standard InChI is InChI=1S/C38H26N2O/c1-23-21-33-27-7-3-24(4-8-27)25-5-11-28(12-6-25)34-19-17-30-15-16-31-18-20-35(40-38(31)37(30)39-34)29-13-9-26(10-14-29)32(23)22-36(33)41-2/h3-22H,1-2H3. The quantitative estimate of drug-likeness (QED) is 0.200. The van der Waals surface area contributed by atoms with Crippen molar-refractivity contribution in [3.63, 3.8) is 0 Å². The molecule has 0 aliphatic rings. The molecule has 0 aliphatic carbocycles. The monoisotopic (exact) mass is 526 g/mol. The number of ether oxygens (including phenoxy) is 1. The van der Waals surface area contributed by atoms with E-state index in [2.05, 4.69) is 128 Å². The first-order chi connectivity index (χ1) is 20.1. The summed E-state index contributed by atoms with van der Waals surface area (Å²) in [6.07, 6.45) is 0. The van der Waals surface area contributed by atoms with E-state index < -0.39 is 0 Å². The van der Waals surface area contributed by atoms with Crippen molar-refractivity contribution in [1.82, 2.24) is 9.97 Å². The van der Waals surface area contributed by atoms with E-state index in [1.807, 2.05) is 0 Å². The van der Waals surface area contributed by atoms with E-state index >= 15 is 0 Å². The molecule has 194 valence electrons. The van der Waals surface area contributed by atoms with Crippen molar-refractivity contribution in [3.05, 3.63) is 127 Å². The molecule has 0 spiro atoms. The highest BCUT2D eigenvalue weighted by molar-refractivity contribution is 6.06. The summed E-state index contributed by atoms with van der Waals surface area (Å²) in [6.45, 7) is 2.16. The second kappa shape index (κ2) is 9.14. The zero-order chi connectivity index (χ0) is 27.5. The number of aryl methyl sites for hydroxylation is 1. The lowest BCUT2D eigenvalue weighted by Crippen LogP contribution is -1.87. The molecule has 0 saturated carbocycles. The van der Waals surface area contributed by atoms with Gasteiger partial charge in [0.1, 0.15) is 5.75 Å². The number of pyridine rings is 2. The number of benzene rings is 5. The number of nitrogens with zero attached hydrogens (tertiary/aromatic N) is 2.